The highest BCUT2D eigenvalue weighted by Crippen LogP contribution is 2.35. The van der Waals surface area contributed by atoms with E-state index in [1.54, 1.807) is 0 Å². The molecule has 1 aromatic carbocycles. The quantitative estimate of drug-likeness (QED) is 0.807. The van der Waals surface area contributed by atoms with Gasteiger partial charge in [0.1, 0.15) is 5.75 Å². The fraction of sp³-hybridized carbons (Fsp3) is 0.571. The van der Waals surface area contributed by atoms with Gasteiger partial charge in [-0.15, -0.1) is 0 Å². The molecule has 0 bridgehead atoms. The number of hydrogen-bond donors (Lipinski definition) is 2. The molecule has 18 heavy (non-hydrogen) atoms. The first kappa shape index (κ1) is 13.0. The third-order valence-electron chi connectivity index (χ3n) is 3.67. The van der Waals surface area contributed by atoms with Gasteiger partial charge in [-0.25, -0.2) is 0 Å². The maximum absolute atomic E-state index is 6.12. The zero-order chi connectivity index (χ0) is 13.2. The van der Waals surface area contributed by atoms with Gasteiger partial charge in [0, 0.05) is 6.61 Å². The standard InChI is InChI=1S/C14H22N2O2/c1-4-17-12-7-5-6-11(13(12)15)16-14(3)8-9-18-10(14)2/h5-7,10,16H,4,8-9,15H2,1-3H3. The van der Waals surface area contributed by atoms with Crippen molar-refractivity contribution < 1.29 is 9.47 Å². The summed E-state index contributed by atoms with van der Waals surface area (Å²) in [5.74, 6) is 0.734. The van der Waals surface area contributed by atoms with Crippen molar-refractivity contribution in [3.63, 3.8) is 0 Å². The normalized spacial score (nSPS) is 27.2. The molecule has 1 heterocycles. The van der Waals surface area contributed by atoms with Crippen LogP contribution in [0.3, 0.4) is 0 Å². The Bertz CT molecular complexity index is 422. The molecule has 1 aromatic rings. The highest BCUT2D eigenvalue weighted by atomic mass is 16.5. The third-order valence-corrected chi connectivity index (χ3v) is 3.67. The van der Waals surface area contributed by atoms with Gasteiger partial charge in [-0.05, 0) is 39.3 Å². The summed E-state index contributed by atoms with van der Waals surface area (Å²) in [6.45, 7) is 7.61. The van der Waals surface area contributed by atoms with Crippen LogP contribution in [-0.4, -0.2) is 24.9 Å². The van der Waals surface area contributed by atoms with Gasteiger partial charge in [-0.3, -0.25) is 0 Å². The fourth-order valence-electron chi connectivity index (χ4n) is 2.24. The molecule has 1 saturated heterocycles. The summed E-state index contributed by atoms with van der Waals surface area (Å²) in [7, 11) is 0. The SMILES string of the molecule is CCOc1cccc(NC2(C)CCOC2C)c1N. The number of para-hydroxylation sites is 1. The first-order valence-corrected chi connectivity index (χ1v) is 6.48. The van der Waals surface area contributed by atoms with E-state index in [4.69, 9.17) is 15.2 Å². The van der Waals surface area contributed by atoms with Crippen LogP contribution in [0.4, 0.5) is 11.4 Å². The lowest BCUT2D eigenvalue weighted by atomic mass is 9.94. The van der Waals surface area contributed by atoms with Crippen molar-refractivity contribution in [1.29, 1.82) is 0 Å². The van der Waals surface area contributed by atoms with E-state index in [1.165, 1.54) is 0 Å². The number of nitrogen functional groups attached to an aromatic ring is 1. The molecule has 1 fully saturated rings. The van der Waals surface area contributed by atoms with E-state index in [0.29, 0.717) is 12.3 Å². The minimum Gasteiger partial charge on any atom is -0.492 e. The smallest absolute Gasteiger partial charge is 0.144 e. The Morgan fingerprint density at radius 2 is 2.33 bits per heavy atom. The number of hydrogen-bond acceptors (Lipinski definition) is 4. The molecule has 0 radical (unpaired) electrons. The number of benzene rings is 1. The lowest BCUT2D eigenvalue weighted by Gasteiger charge is -2.31. The molecule has 0 aliphatic carbocycles. The summed E-state index contributed by atoms with van der Waals surface area (Å²) >= 11 is 0. The summed E-state index contributed by atoms with van der Waals surface area (Å²) in [5.41, 5.74) is 7.64. The summed E-state index contributed by atoms with van der Waals surface area (Å²) in [6, 6.07) is 5.82. The van der Waals surface area contributed by atoms with E-state index in [2.05, 4.69) is 19.2 Å². The molecule has 4 heteroatoms. The lowest BCUT2D eigenvalue weighted by Crippen LogP contribution is -2.41. The van der Waals surface area contributed by atoms with Gasteiger partial charge in [0.2, 0.25) is 0 Å². The molecule has 1 aliphatic heterocycles. The minimum atomic E-state index is -0.0705. The summed E-state index contributed by atoms with van der Waals surface area (Å²) < 4.78 is 11.1. The Morgan fingerprint density at radius 3 is 2.94 bits per heavy atom. The fourth-order valence-corrected chi connectivity index (χ4v) is 2.24. The average molecular weight is 250 g/mol. The molecule has 1 aliphatic rings. The Balaban J connectivity index is 2.21. The molecule has 0 saturated carbocycles. The summed E-state index contributed by atoms with van der Waals surface area (Å²) in [6.07, 6.45) is 1.15. The van der Waals surface area contributed by atoms with Gasteiger partial charge in [-0.2, -0.15) is 0 Å². The molecular weight excluding hydrogens is 228 g/mol. The third kappa shape index (κ3) is 2.38. The molecular formula is C14H22N2O2. The van der Waals surface area contributed by atoms with Gasteiger partial charge >= 0.3 is 0 Å². The second-order valence-corrected chi connectivity index (χ2v) is 4.96. The first-order valence-electron chi connectivity index (χ1n) is 6.48. The molecule has 2 unspecified atom stereocenters. The lowest BCUT2D eigenvalue weighted by molar-refractivity contribution is 0.105. The Kier molecular flexibility index (Phi) is 3.66. The second-order valence-electron chi connectivity index (χ2n) is 4.96. The number of nitrogens with one attached hydrogen (secondary N) is 1. The van der Waals surface area contributed by atoms with Crippen LogP contribution in [0.15, 0.2) is 18.2 Å². The molecule has 100 valence electrons. The van der Waals surface area contributed by atoms with Crippen LogP contribution >= 0.6 is 0 Å². The number of nitrogens with two attached hydrogens (primary N) is 1. The van der Waals surface area contributed by atoms with Crippen LogP contribution < -0.4 is 15.8 Å². The maximum Gasteiger partial charge on any atom is 0.144 e. The van der Waals surface area contributed by atoms with E-state index < -0.39 is 0 Å². The molecule has 2 atom stereocenters. The van der Waals surface area contributed by atoms with Crippen molar-refractivity contribution in [1.82, 2.24) is 0 Å². The van der Waals surface area contributed by atoms with Crippen LogP contribution in [0.5, 0.6) is 5.75 Å². The monoisotopic (exact) mass is 250 g/mol. The van der Waals surface area contributed by atoms with Crippen LogP contribution in [0.25, 0.3) is 0 Å². The molecule has 4 nitrogen and oxygen atoms in total. The second kappa shape index (κ2) is 5.06. The van der Waals surface area contributed by atoms with Crippen LogP contribution in [0, 0.1) is 0 Å². The Labute approximate surface area is 108 Å². The van der Waals surface area contributed by atoms with Crippen LogP contribution in [-0.2, 0) is 4.74 Å². The molecule has 0 amide bonds. The van der Waals surface area contributed by atoms with Gasteiger partial charge in [0.15, 0.2) is 0 Å². The minimum absolute atomic E-state index is 0.0705. The molecule has 3 N–H and O–H groups in total. The van der Waals surface area contributed by atoms with Gasteiger partial charge in [0.25, 0.3) is 0 Å². The highest BCUT2D eigenvalue weighted by Gasteiger charge is 2.37. The topological polar surface area (TPSA) is 56.5 Å². The zero-order valence-corrected chi connectivity index (χ0v) is 11.3. The predicted octanol–water partition coefficient (Wildman–Crippen LogP) is 2.65. The zero-order valence-electron chi connectivity index (χ0n) is 11.3. The Morgan fingerprint density at radius 1 is 1.56 bits per heavy atom. The number of anilines is 2. The predicted molar refractivity (Wildman–Crippen MR) is 74.1 cm³/mol. The molecule has 0 spiro atoms. The van der Waals surface area contributed by atoms with E-state index in [-0.39, 0.29) is 11.6 Å². The van der Waals surface area contributed by atoms with E-state index >= 15 is 0 Å². The van der Waals surface area contributed by atoms with Crippen LogP contribution in [0.1, 0.15) is 27.2 Å². The largest absolute Gasteiger partial charge is 0.492 e. The maximum atomic E-state index is 6.12. The van der Waals surface area contributed by atoms with E-state index in [1.807, 2.05) is 25.1 Å². The van der Waals surface area contributed by atoms with Gasteiger partial charge in [0.05, 0.1) is 29.6 Å². The highest BCUT2D eigenvalue weighted by molar-refractivity contribution is 5.73. The first-order chi connectivity index (χ1) is 8.57. The van der Waals surface area contributed by atoms with E-state index in [9.17, 15) is 0 Å². The summed E-state index contributed by atoms with van der Waals surface area (Å²) in [5, 5.41) is 3.50. The van der Waals surface area contributed by atoms with Crippen molar-refractivity contribution in [3.05, 3.63) is 18.2 Å². The molecule has 0 aromatic heterocycles. The van der Waals surface area contributed by atoms with Crippen molar-refractivity contribution in [3.8, 4) is 5.75 Å². The van der Waals surface area contributed by atoms with Crippen molar-refractivity contribution in [2.24, 2.45) is 0 Å². The van der Waals surface area contributed by atoms with Crippen molar-refractivity contribution in [2.75, 3.05) is 24.3 Å². The van der Waals surface area contributed by atoms with E-state index in [0.717, 1.165) is 24.5 Å². The Hall–Kier alpha value is -1.42. The summed E-state index contributed by atoms with van der Waals surface area (Å²) in [4.78, 5) is 0. The van der Waals surface area contributed by atoms with Crippen molar-refractivity contribution in [2.45, 2.75) is 38.8 Å². The number of rotatable bonds is 4. The van der Waals surface area contributed by atoms with Crippen LogP contribution in [0.2, 0.25) is 0 Å². The van der Waals surface area contributed by atoms with Gasteiger partial charge < -0.3 is 20.5 Å². The molecule has 2 rings (SSSR count). The number of ether oxygens (including phenoxy) is 2. The average Bonchev–Trinajstić information content (AvgIpc) is 2.65. The van der Waals surface area contributed by atoms with Crippen molar-refractivity contribution >= 4 is 11.4 Å². The van der Waals surface area contributed by atoms with Gasteiger partial charge in [-0.1, -0.05) is 6.07 Å².